The molecule has 0 radical (unpaired) electrons. The van der Waals surface area contributed by atoms with Crippen LogP contribution in [0.15, 0.2) is 72.8 Å². The van der Waals surface area contributed by atoms with Crippen LogP contribution in [-0.4, -0.2) is 53.0 Å². The van der Waals surface area contributed by atoms with Crippen LogP contribution in [0.5, 0.6) is 0 Å². The highest BCUT2D eigenvalue weighted by atomic mass is 16.5. The molecule has 3 aromatic rings. The molecule has 3 aromatic carbocycles. The van der Waals surface area contributed by atoms with Gasteiger partial charge in [-0.2, -0.15) is 0 Å². The zero-order valence-corrected chi connectivity index (χ0v) is 16.0. The van der Waals surface area contributed by atoms with E-state index in [9.17, 15) is 14.8 Å². The fraction of sp³-hybridized carbons (Fsp3) is 0.217. The van der Waals surface area contributed by atoms with Crippen molar-refractivity contribution in [1.29, 1.82) is 0 Å². The highest BCUT2D eigenvalue weighted by Gasteiger charge is 2.32. The van der Waals surface area contributed by atoms with E-state index in [1.807, 2.05) is 82.6 Å². The lowest BCUT2D eigenvalue weighted by Gasteiger charge is -2.38. The number of rotatable bonds is 4. The van der Waals surface area contributed by atoms with Crippen LogP contribution < -0.4 is 5.48 Å². The number of carbonyl (C=O) groups is 2. The van der Waals surface area contributed by atoms with Gasteiger partial charge < -0.3 is 4.90 Å². The molecule has 2 N–H and O–H groups in total. The van der Waals surface area contributed by atoms with E-state index in [-0.39, 0.29) is 5.91 Å². The Hall–Kier alpha value is -3.22. The average Bonchev–Trinajstić information content (AvgIpc) is 2.79. The van der Waals surface area contributed by atoms with Gasteiger partial charge in [0, 0.05) is 31.7 Å². The SMILES string of the molecule is O=C(NO)C(c1ccccc1)N1CCN(C(=O)c2cccc3ccccc23)CC1. The van der Waals surface area contributed by atoms with E-state index >= 15 is 0 Å². The molecule has 0 aromatic heterocycles. The molecular weight excluding hydrogens is 366 g/mol. The van der Waals surface area contributed by atoms with E-state index in [4.69, 9.17) is 0 Å². The Labute approximate surface area is 169 Å². The zero-order valence-electron chi connectivity index (χ0n) is 16.0. The second-order valence-electron chi connectivity index (χ2n) is 7.14. The fourth-order valence-corrected chi connectivity index (χ4v) is 3.99. The monoisotopic (exact) mass is 389 g/mol. The minimum absolute atomic E-state index is 0.00400. The van der Waals surface area contributed by atoms with Crippen molar-refractivity contribution in [2.75, 3.05) is 26.2 Å². The molecule has 1 atom stereocenters. The smallest absolute Gasteiger partial charge is 0.265 e. The fourth-order valence-electron chi connectivity index (χ4n) is 3.99. The Kier molecular flexibility index (Phi) is 5.55. The lowest BCUT2D eigenvalue weighted by molar-refractivity contribution is -0.135. The van der Waals surface area contributed by atoms with Crippen LogP contribution >= 0.6 is 0 Å². The maximum atomic E-state index is 13.1. The molecule has 0 aliphatic carbocycles. The van der Waals surface area contributed by atoms with Gasteiger partial charge in [-0.25, -0.2) is 5.48 Å². The van der Waals surface area contributed by atoms with E-state index in [1.54, 1.807) is 5.48 Å². The molecule has 0 spiro atoms. The number of nitrogens with zero attached hydrogens (tertiary/aromatic N) is 2. The van der Waals surface area contributed by atoms with Gasteiger partial charge in [-0.05, 0) is 22.4 Å². The van der Waals surface area contributed by atoms with Crippen LogP contribution in [0, 0.1) is 0 Å². The van der Waals surface area contributed by atoms with Gasteiger partial charge in [0.2, 0.25) is 0 Å². The number of carbonyl (C=O) groups excluding carboxylic acids is 2. The molecular formula is C23H23N3O3. The topological polar surface area (TPSA) is 72.9 Å². The van der Waals surface area contributed by atoms with Crippen LogP contribution in [-0.2, 0) is 4.79 Å². The molecule has 1 unspecified atom stereocenters. The van der Waals surface area contributed by atoms with Crippen molar-refractivity contribution in [3.63, 3.8) is 0 Å². The summed E-state index contributed by atoms with van der Waals surface area (Å²) in [6.07, 6.45) is 0. The molecule has 0 bridgehead atoms. The van der Waals surface area contributed by atoms with Crippen LogP contribution in [0.1, 0.15) is 22.0 Å². The highest BCUT2D eigenvalue weighted by Crippen LogP contribution is 2.24. The molecule has 1 saturated heterocycles. The van der Waals surface area contributed by atoms with Crippen LogP contribution in [0.3, 0.4) is 0 Å². The molecule has 1 fully saturated rings. The van der Waals surface area contributed by atoms with Crippen molar-refractivity contribution in [2.45, 2.75) is 6.04 Å². The van der Waals surface area contributed by atoms with Crippen LogP contribution in [0.25, 0.3) is 10.8 Å². The number of hydroxylamine groups is 1. The van der Waals surface area contributed by atoms with E-state index in [1.165, 1.54) is 0 Å². The number of piperazine rings is 1. The number of nitrogens with one attached hydrogen (secondary N) is 1. The summed E-state index contributed by atoms with van der Waals surface area (Å²) in [5.74, 6) is -0.464. The largest absolute Gasteiger partial charge is 0.336 e. The van der Waals surface area contributed by atoms with Crippen molar-refractivity contribution in [1.82, 2.24) is 15.3 Å². The van der Waals surface area contributed by atoms with Crippen LogP contribution in [0.4, 0.5) is 0 Å². The molecule has 6 nitrogen and oxygen atoms in total. The van der Waals surface area contributed by atoms with Crippen molar-refractivity contribution < 1.29 is 14.8 Å². The summed E-state index contributed by atoms with van der Waals surface area (Å²) in [6, 6.07) is 22.4. The molecule has 1 aliphatic rings. The van der Waals surface area contributed by atoms with Gasteiger partial charge in [0.15, 0.2) is 0 Å². The first-order chi connectivity index (χ1) is 14.2. The number of hydrogen-bond acceptors (Lipinski definition) is 4. The highest BCUT2D eigenvalue weighted by molar-refractivity contribution is 6.07. The summed E-state index contributed by atoms with van der Waals surface area (Å²) in [4.78, 5) is 29.3. The Bertz CT molecular complexity index is 1010. The van der Waals surface area contributed by atoms with Crippen molar-refractivity contribution in [3.8, 4) is 0 Å². The third-order valence-electron chi connectivity index (χ3n) is 5.46. The van der Waals surface area contributed by atoms with E-state index in [0.717, 1.165) is 16.3 Å². The number of hydrogen-bond donors (Lipinski definition) is 2. The number of amides is 2. The van der Waals surface area contributed by atoms with Gasteiger partial charge in [-0.3, -0.25) is 19.7 Å². The predicted molar refractivity (Wildman–Crippen MR) is 111 cm³/mol. The normalized spacial score (nSPS) is 15.8. The molecule has 0 saturated carbocycles. The molecule has 4 rings (SSSR count). The summed E-state index contributed by atoms with van der Waals surface area (Å²) >= 11 is 0. The summed E-state index contributed by atoms with van der Waals surface area (Å²) in [5.41, 5.74) is 3.29. The molecule has 148 valence electrons. The first-order valence-electron chi connectivity index (χ1n) is 9.69. The Balaban J connectivity index is 1.51. The molecule has 2 amide bonds. The molecule has 1 heterocycles. The third-order valence-corrected chi connectivity index (χ3v) is 5.46. The molecule has 29 heavy (non-hydrogen) atoms. The maximum Gasteiger partial charge on any atom is 0.265 e. The average molecular weight is 389 g/mol. The van der Waals surface area contributed by atoms with Gasteiger partial charge in [0.05, 0.1) is 0 Å². The van der Waals surface area contributed by atoms with Gasteiger partial charge in [-0.1, -0.05) is 66.7 Å². The van der Waals surface area contributed by atoms with Gasteiger partial charge >= 0.3 is 0 Å². The van der Waals surface area contributed by atoms with Gasteiger partial charge in [-0.15, -0.1) is 0 Å². The van der Waals surface area contributed by atoms with E-state index < -0.39 is 11.9 Å². The zero-order chi connectivity index (χ0) is 20.2. The second-order valence-corrected chi connectivity index (χ2v) is 7.14. The van der Waals surface area contributed by atoms with E-state index in [2.05, 4.69) is 0 Å². The summed E-state index contributed by atoms with van der Waals surface area (Å²) in [5, 5.41) is 11.2. The van der Waals surface area contributed by atoms with Gasteiger partial charge in [0.1, 0.15) is 6.04 Å². The number of benzene rings is 3. The first-order valence-corrected chi connectivity index (χ1v) is 9.69. The maximum absolute atomic E-state index is 13.1. The predicted octanol–water partition coefficient (Wildman–Crippen LogP) is 2.84. The van der Waals surface area contributed by atoms with Crippen molar-refractivity contribution in [2.24, 2.45) is 0 Å². The Morgan fingerprint density at radius 3 is 2.21 bits per heavy atom. The Morgan fingerprint density at radius 2 is 1.48 bits per heavy atom. The van der Waals surface area contributed by atoms with Gasteiger partial charge in [0.25, 0.3) is 11.8 Å². The summed E-state index contributed by atoms with van der Waals surface area (Å²) in [6.45, 7) is 2.13. The lowest BCUT2D eigenvalue weighted by atomic mass is 10.0. The number of fused-ring (bicyclic) bond motifs is 1. The van der Waals surface area contributed by atoms with Crippen molar-refractivity contribution >= 4 is 22.6 Å². The minimum atomic E-state index is -0.587. The minimum Gasteiger partial charge on any atom is -0.336 e. The quantitative estimate of drug-likeness (QED) is 0.532. The standard InChI is InChI=1S/C23H23N3O3/c27-22(24-29)21(18-8-2-1-3-9-18)25-13-15-26(16-14-25)23(28)20-12-6-10-17-7-4-5-11-19(17)20/h1-12,21,29H,13-16H2,(H,24,27). The van der Waals surface area contributed by atoms with Crippen molar-refractivity contribution in [3.05, 3.63) is 83.9 Å². The summed E-state index contributed by atoms with van der Waals surface area (Å²) < 4.78 is 0. The van der Waals surface area contributed by atoms with Crippen LogP contribution in [0.2, 0.25) is 0 Å². The lowest BCUT2D eigenvalue weighted by Crippen LogP contribution is -2.52. The third kappa shape index (κ3) is 3.85. The van der Waals surface area contributed by atoms with E-state index in [0.29, 0.717) is 31.7 Å². The second kappa shape index (κ2) is 8.43. The molecule has 1 aliphatic heterocycles. The molecule has 6 heteroatoms. The first kappa shape index (κ1) is 19.1. The Morgan fingerprint density at radius 1 is 0.828 bits per heavy atom. The summed E-state index contributed by atoms with van der Waals surface area (Å²) in [7, 11) is 0.